The lowest BCUT2D eigenvalue weighted by atomic mass is 10.0. The van der Waals surface area contributed by atoms with Crippen molar-refractivity contribution >= 4 is 29.9 Å². The number of guanidine groups is 1. The predicted octanol–water partition coefficient (Wildman–Crippen LogP) is 2.15. The van der Waals surface area contributed by atoms with Crippen LogP contribution in [0.4, 0.5) is 0 Å². The fourth-order valence-electron chi connectivity index (χ4n) is 3.62. The molecular formula is C19H40IN5O. The van der Waals surface area contributed by atoms with E-state index in [2.05, 4.69) is 34.3 Å². The van der Waals surface area contributed by atoms with E-state index in [-0.39, 0.29) is 24.0 Å². The van der Waals surface area contributed by atoms with Crippen molar-refractivity contribution in [2.75, 3.05) is 65.6 Å². The Morgan fingerprint density at radius 3 is 2.62 bits per heavy atom. The molecule has 1 unspecified atom stereocenters. The third-order valence-corrected chi connectivity index (χ3v) is 5.18. The molecule has 1 atom stereocenters. The lowest BCUT2D eigenvalue weighted by Crippen LogP contribution is -2.46. The van der Waals surface area contributed by atoms with E-state index in [0.29, 0.717) is 6.04 Å². The van der Waals surface area contributed by atoms with Crippen LogP contribution in [0, 0.1) is 0 Å². The van der Waals surface area contributed by atoms with Gasteiger partial charge in [0.2, 0.25) is 0 Å². The van der Waals surface area contributed by atoms with Crippen LogP contribution in [0.2, 0.25) is 0 Å². The summed E-state index contributed by atoms with van der Waals surface area (Å²) in [5.41, 5.74) is 0. The Kier molecular flexibility index (Phi) is 13.7. The van der Waals surface area contributed by atoms with E-state index in [1.54, 1.807) is 0 Å². The van der Waals surface area contributed by atoms with E-state index in [0.717, 1.165) is 58.4 Å². The number of aliphatic imine (C=N–C) groups is 1. The first kappa shape index (κ1) is 23.9. The smallest absolute Gasteiger partial charge is 0.191 e. The van der Waals surface area contributed by atoms with Crippen LogP contribution in [0.1, 0.15) is 46.0 Å². The summed E-state index contributed by atoms with van der Waals surface area (Å²) in [6.45, 7) is 14.5. The largest absolute Gasteiger partial charge is 0.379 e. The minimum atomic E-state index is 0. The molecule has 154 valence electrons. The molecule has 2 saturated heterocycles. The molecule has 6 nitrogen and oxygen atoms in total. The summed E-state index contributed by atoms with van der Waals surface area (Å²) in [6, 6.07) is 0.620. The summed E-state index contributed by atoms with van der Waals surface area (Å²) in [7, 11) is 0. The number of morpholine rings is 1. The maximum Gasteiger partial charge on any atom is 0.191 e. The molecular weight excluding hydrogens is 441 g/mol. The van der Waals surface area contributed by atoms with Gasteiger partial charge in [0.05, 0.1) is 19.8 Å². The van der Waals surface area contributed by atoms with Crippen LogP contribution >= 0.6 is 24.0 Å². The summed E-state index contributed by atoms with van der Waals surface area (Å²) >= 11 is 0. The predicted molar refractivity (Wildman–Crippen MR) is 121 cm³/mol. The average Bonchev–Trinajstić information content (AvgIpc) is 2.66. The highest BCUT2D eigenvalue weighted by molar-refractivity contribution is 14.0. The Hall–Kier alpha value is -0.120. The van der Waals surface area contributed by atoms with Crippen LogP contribution in [-0.4, -0.2) is 87.4 Å². The van der Waals surface area contributed by atoms with Gasteiger partial charge in [-0.15, -0.1) is 24.0 Å². The topological polar surface area (TPSA) is 52.1 Å². The zero-order valence-electron chi connectivity index (χ0n) is 16.8. The summed E-state index contributed by atoms with van der Waals surface area (Å²) in [5.74, 6) is 0.969. The number of halogens is 1. The molecule has 2 heterocycles. The molecule has 0 bridgehead atoms. The number of nitrogens with zero attached hydrogens (tertiary/aromatic N) is 3. The van der Waals surface area contributed by atoms with E-state index in [1.807, 2.05) is 0 Å². The summed E-state index contributed by atoms with van der Waals surface area (Å²) in [4.78, 5) is 10.0. The molecule has 0 saturated carbocycles. The number of likely N-dealkylation sites (tertiary alicyclic amines) is 1. The highest BCUT2D eigenvalue weighted by Crippen LogP contribution is 2.17. The standard InChI is InChI=1S/C19H39N5O.HI/c1-3-5-10-24-11-7-6-8-18(24)17-22-19(20-4-2)21-9-12-23-13-15-25-16-14-23;/h18H,3-17H2,1-2H3,(H2,20,21,22);1H. The summed E-state index contributed by atoms with van der Waals surface area (Å²) in [5, 5.41) is 6.90. The molecule has 2 aliphatic heterocycles. The maximum absolute atomic E-state index is 5.41. The SMILES string of the molecule is CCCCN1CCCCC1CN=C(NCC)NCCN1CCOCC1.I. The monoisotopic (exact) mass is 481 g/mol. The average molecular weight is 481 g/mol. The minimum absolute atomic E-state index is 0. The van der Waals surface area contributed by atoms with Crippen LogP contribution in [0.5, 0.6) is 0 Å². The fraction of sp³-hybridized carbons (Fsp3) is 0.947. The minimum Gasteiger partial charge on any atom is -0.379 e. The molecule has 26 heavy (non-hydrogen) atoms. The van der Waals surface area contributed by atoms with Crippen LogP contribution in [0.25, 0.3) is 0 Å². The van der Waals surface area contributed by atoms with E-state index in [1.165, 1.54) is 45.2 Å². The van der Waals surface area contributed by atoms with Gasteiger partial charge in [0.1, 0.15) is 0 Å². The third kappa shape index (κ3) is 9.19. The van der Waals surface area contributed by atoms with Gasteiger partial charge in [0.25, 0.3) is 0 Å². The van der Waals surface area contributed by atoms with Gasteiger partial charge in [-0.2, -0.15) is 0 Å². The molecule has 2 fully saturated rings. The fourth-order valence-corrected chi connectivity index (χ4v) is 3.62. The van der Waals surface area contributed by atoms with Crippen molar-refractivity contribution < 1.29 is 4.74 Å². The first-order valence-electron chi connectivity index (χ1n) is 10.4. The third-order valence-electron chi connectivity index (χ3n) is 5.18. The highest BCUT2D eigenvalue weighted by Gasteiger charge is 2.21. The molecule has 0 radical (unpaired) electrons. The normalized spacial score (nSPS) is 22.7. The second kappa shape index (κ2) is 14.9. The van der Waals surface area contributed by atoms with Crippen molar-refractivity contribution in [3.63, 3.8) is 0 Å². The first-order chi connectivity index (χ1) is 12.3. The van der Waals surface area contributed by atoms with Crippen molar-refractivity contribution in [3.8, 4) is 0 Å². The van der Waals surface area contributed by atoms with E-state index >= 15 is 0 Å². The molecule has 0 aliphatic carbocycles. The Labute approximate surface area is 177 Å². The van der Waals surface area contributed by atoms with Crippen LogP contribution in [-0.2, 0) is 4.74 Å². The Balaban J connectivity index is 0.00000338. The lowest BCUT2D eigenvalue weighted by molar-refractivity contribution is 0.0389. The van der Waals surface area contributed by atoms with Gasteiger partial charge in [-0.05, 0) is 39.3 Å². The lowest BCUT2D eigenvalue weighted by Gasteiger charge is -2.35. The zero-order valence-corrected chi connectivity index (χ0v) is 19.2. The summed E-state index contributed by atoms with van der Waals surface area (Å²) in [6.07, 6.45) is 6.57. The van der Waals surface area contributed by atoms with Gasteiger partial charge in [0.15, 0.2) is 5.96 Å². The Morgan fingerprint density at radius 1 is 1.08 bits per heavy atom. The molecule has 2 aliphatic rings. The van der Waals surface area contributed by atoms with Crippen LogP contribution in [0.15, 0.2) is 4.99 Å². The number of hydrogen-bond acceptors (Lipinski definition) is 4. The number of unbranched alkanes of at least 4 members (excludes halogenated alkanes) is 1. The number of ether oxygens (including phenoxy) is 1. The van der Waals surface area contributed by atoms with E-state index in [9.17, 15) is 0 Å². The highest BCUT2D eigenvalue weighted by atomic mass is 127. The Morgan fingerprint density at radius 2 is 1.88 bits per heavy atom. The second-order valence-electron chi connectivity index (χ2n) is 7.14. The van der Waals surface area contributed by atoms with Gasteiger partial charge in [-0.3, -0.25) is 14.8 Å². The van der Waals surface area contributed by atoms with Gasteiger partial charge in [-0.1, -0.05) is 19.8 Å². The van der Waals surface area contributed by atoms with Gasteiger partial charge >= 0.3 is 0 Å². The maximum atomic E-state index is 5.41. The van der Waals surface area contributed by atoms with Crippen molar-refractivity contribution in [1.29, 1.82) is 0 Å². The molecule has 2 N–H and O–H groups in total. The Bertz CT molecular complexity index is 377. The zero-order chi connectivity index (χ0) is 17.7. The van der Waals surface area contributed by atoms with Crippen LogP contribution in [0.3, 0.4) is 0 Å². The molecule has 2 rings (SSSR count). The van der Waals surface area contributed by atoms with Gasteiger partial charge < -0.3 is 15.4 Å². The van der Waals surface area contributed by atoms with Crippen molar-refractivity contribution in [3.05, 3.63) is 0 Å². The molecule has 0 amide bonds. The molecule has 7 heteroatoms. The molecule has 0 aromatic heterocycles. The van der Waals surface area contributed by atoms with Crippen molar-refractivity contribution in [2.24, 2.45) is 4.99 Å². The van der Waals surface area contributed by atoms with Crippen molar-refractivity contribution in [1.82, 2.24) is 20.4 Å². The van der Waals surface area contributed by atoms with E-state index < -0.39 is 0 Å². The molecule has 0 spiro atoms. The molecule has 0 aromatic rings. The molecule has 0 aromatic carbocycles. The quantitative estimate of drug-likeness (QED) is 0.300. The van der Waals surface area contributed by atoms with Gasteiger partial charge in [0, 0.05) is 38.8 Å². The second-order valence-corrected chi connectivity index (χ2v) is 7.14. The van der Waals surface area contributed by atoms with Gasteiger partial charge in [-0.25, -0.2) is 0 Å². The number of piperidine rings is 1. The van der Waals surface area contributed by atoms with Crippen molar-refractivity contribution in [2.45, 2.75) is 52.0 Å². The van der Waals surface area contributed by atoms with E-state index in [4.69, 9.17) is 9.73 Å². The first-order valence-corrected chi connectivity index (χ1v) is 10.4. The summed E-state index contributed by atoms with van der Waals surface area (Å²) < 4.78 is 5.41. The number of rotatable bonds is 9. The van der Waals surface area contributed by atoms with Crippen LogP contribution < -0.4 is 10.6 Å². The number of nitrogens with one attached hydrogen (secondary N) is 2. The number of hydrogen-bond donors (Lipinski definition) is 2.